The summed E-state index contributed by atoms with van der Waals surface area (Å²) in [6, 6.07) is 0. The van der Waals surface area contributed by atoms with Gasteiger partial charge in [-0.05, 0) is 116 Å². The Balaban J connectivity index is 1.71. The first-order valence-electron chi connectivity index (χ1n) is 17.5. The molecule has 0 aromatic heterocycles. The molecular weight excluding hydrogens is 598 g/mol. The summed E-state index contributed by atoms with van der Waals surface area (Å²) >= 11 is 0. The Kier molecular flexibility index (Phi) is 11.7. The third-order valence-corrected chi connectivity index (χ3v) is 12.6. The topological polar surface area (TPSA) is 107 Å². The molecule has 5 unspecified atom stereocenters. The van der Waals surface area contributed by atoms with Gasteiger partial charge in [0.05, 0.1) is 32.7 Å². The van der Waals surface area contributed by atoms with E-state index in [0.717, 1.165) is 19.3 Å². The molecule has 0 saturated carbocycles. The van der Waals surface area contributed by atoms with Gasteiger partial charge in [0.2, 0.25) is 0 Å². The minimum absolute atomic E-state index is 0.0196. The Morgan fingerprint density at radius 1 is 0.660 bits per heavy atom. The summed E-state index contributed by atoms with van der Waals surface area (Å²) in [6.07, 6.45) is 1.17. The van der Waals surface area contributed by atoms with E-state index in [0.29, 0.717) is 0 Å². The average Bonchev–Trinajstić information content (AvgIpc) is 3.32. The summed E-state index contributed by atoms with van der Waals surface area (Å²) in [7, 11) is 5.62. The third kappa shape index (κ3) is 8.89. The van der Waals surface area contributed by atoms with Crippen molar-refractivity contribution in [1.29, 1.82) is 0 Å². The van der Waals surface area contributed by atoms with Gasteiger partial charge in [-0.2, -0.15) is 0 Å². The Hall–Kier alpha value is -1.75. The largest absolute Gasteiger partial charge is 0.465 e. The van der Waals surface area contributed by atoms with Gasteiger partial charge in [-0.15, -0.1) is 0 Å². The van der Waals surface area contributed by atoms with Crippen LogP contribution in [-0.2, 0) is 33.3 Å². The Morgan fingerprint density at radius 3 is 1.40 bits per heavy atom. The molecule has 1 N–H and O–H groups in total. The Bertz CT molecular complexity index is 1140. The maximum Gasteiger partial charge on any atom is 0.335 e. The molecule has 3 saturated heterocycles. The molecule has 3 heterocycles. The number of hydrogen-bond donors (Lipinski definition) is 1. The molecule has 272 valence electrons. The highest BCUT2D eigenvalue weighted by Gasteiger charge is 2.51. The molecule has 10 nitrogen and oxygen atoms in total. The maximum absolute atomic E-state index is 13.6. The highest BCUT2D eigenvalue weighted by Crippen LogP contribution is 2.45. The average molecular weight is 666 g/mol. The van der Waals surface area contributed by atoms with Gasteiger partial charge >= 0.3 is 17.9 Å². The summed E-state index contributed by atoms with van der Waals surface area (Å²) in [5.74, 6) is -1.94. The number of methoxy groups -OCH3 is 1. The molecule has 47 heavy (non-hydrogen) atoms. The van der Waals surface area contributed by atoms with Crippen LogP contribution in [0.1, 0.15) is 115 Å². The minimum Gasteiger partial charge on any atom is -0.465 e. The molecule has 3 aliphatic heterocycles. The van der Waals surface area contributed by atoms with Gasteiger partial charge in [0.15, 0.2) is 6.10 Å². The molecule has 0 aromatic carbocycles. The van der Waals surface area contributed by atoms with Crippen LogP contribution >= 0.6 is 0 Å². The van der Waals surface area contributed by atoms with Gasteiger partial charge in [-0.3, -0.25) is 19.4 Å². The van der Waals surface area contributed by atoms with Crippen molar-refractivity contribution in [2.24, 2.45) is 23.7 Å². The van der Waals surface area contributed by atoms with Crippen LogP contribution in [0.5, 0.6) is 0 Å². The summed E-state index contributed by atoms with van der Waals surface area (Å²) in [6.45, 7) is 26.7. The second-order valence-corrected chi connectivity index (χ2v) is 18.3. The van der Waals surface area contributed by atoms with Gasteiger partial charge in [0, 0.05) is 64.0 Å². The zero-order valence-electron chi connectivity index (χ0n) is 32.3. The number of rotatable bonds is 13. The quantitative estimate of drug-likeness (QED) is 0.208. The van der Waals surface area contributed by atoms with Crippen molar-refractivity contribution in [3.8, 4) is 0 Å². The number of esters is 3. The van der Waals surface area contributed by atoms with Gasteiger partial charge in [-0.1, -0.05) is 0 Å². The summed E-state index contributed by atoms with van der Waals surface area (Å²) in [4.78, 5) is 44.9. The van der Waals surface area contributed by atoms with Crippen LogP contribution in [0, 0.1) is 23.7 Å². The van der Waals surface area contributed by atoms with Crippen molar-refractivity contribution >= 4 is 17.9 Å². The lowest BCUT2D eigenvalue weighted by Crippen LogP contribution is -2.47. The second kappa shape index (κ2) is 13.9. The lowest BCUT2D eigenvalue weighted by atomic mass is 9.87. The second-order valence-electron chi connectivity index (χ2n) is 18.3. The van der Waals surface area contributed by atoms with Crippen LogP contribution in [0.25, 0.3) is 0 Å². The maximum atomic E-state index is 13.6. The van der Waals surface area contributed by atoms with E-state index >= 15 is 0 Å². The predicted molar refractivity (Wildman–Crippen MR) is 184 cm³/mol. The predicted octanol–water partition coefficient (Wildman–Crippen LogP) is 5.21. The monoisotopic (exact) mass is 665 g/mol. The molecule has 5 atom stereocenters. The van der Waals surface area contributed by atoms with E-state index in [2.05, 4.69) is 112 Å². The van der Waals surface area contributed by atoms with Crippen molar-refractivity contribution in [3.63, 3.8) is 0 Å². The smallest absolute Gasteiger partial charge is 0.335 e. The minimum atomic E-state index is -1.12. The fourth-order valence-electron chi connectivity index (χ4n) is 8.74. The zero-order chi connectivity index (χ0) is 36.0. The van der Waals surface area contributed by atoms with E-state index in [1.54, 1.807) is 0 Å². The lowest BCUT2D eigenvalue weighted by Gasteiger charge is -2.38. The van der Waals surface area contributed by atoms with Gasteiger partial charge in [0.1, 0.15) is 0 Å². The fraction of sp³-hybridized carbons (Fsp3) is 0.919. The molecule has 0 aliphatic carbocycles. The lowest BCUT2D eigenvalue weighted by molar-refractivity contribution is -0.165. The van der Waals surface area contributed by atoms with E-state index in [1.807, 2.05) is 0 Å². The molecule has 0 spiro atoms. The highest BCUT2D eigenvalue weighted by atomic mass is 16.6. The van der Waals surface area contributed by atoms with Crippen LogP contribution in [-0.4, -0.2) is 108 Å². The van der Waals surface area contributed by atoms with Crippen LogP contribution in [0.4, 0.5) is 0 Å². The molecular formula is C37H67N3O7. The van der Waals surface area contributed by atoms with E-state index in [-0.39, 0.29) is 83.6 Å². The highest BCUT2D eigenvalue weighted by molar-refractivity contribution is 5.79. The first-order chi connectivity index (χ1) is 21.3. The van der Waals surface area contributed by atoms with Crippen LogP contribution in [0.3, 0.4) is 0 Å². The summed E-state index contributed by atoms with van der Waals surface area (Å²) in [5, 5.41) is 3.61. The van der Waals surface area contributed by atoms with E-state index in [1.165, 1.54) is 7.11 Å². The van der Waals surface area contributed by atoms with Gasteiger partial charge in [0.25, 0.3) is 0 Å². The van der Waals surface area contributed by atoms with Crippen molar-refractivity contribution in [1.82, 2.24) is 15.1 Å². The summed E-state index contributed by atoms with van der Waals surface area (Å²) < 4.78 is 23.2. The number of ether oxygens (including phenoxy) is 4. The molecule has 0 amide bonds. The first kappa shape index (κ1) is 39.7. The van der Waals surface area contributed by atoms with Crippen molar-refractivity contribution in [3.05, 3.63) is 0 Å². The first-order valence-corrected chi connectivity index (χ1v) is 17.5. The van der Waals surface area contributed by atoms with Crippen molar-refractivity contribution < 1.29 is 33.3 Å². The molecule has 0 radical (unpaired) electrons. The fourth-order valence-corrected chi connectivity index (χ4v) is 8.74. The Morgan fingerprint density at radius 2 is 1.06 bits per heavy atom. The number of nitrogens with zero attached hydrogens (tertiary/aromatic N) is 2. The molecule has 3 fully saturated rings. The van der Waals surface area contributed by atoms with Crippen LogP contribution in [0.15, 0.2) is 0 Å². The number of carbonyl (C=O) groups is 3. The summed E-state index contributed by atoms with van der Waals surface area (Å²) in [5.41, 5.74) is -0.637. The molecule has 0 aromatic rings. The zero-order valence-corrected chi connectivity index (χ0v) is 32.3. The molecule has 0 bridgehead atoms. The van der Waals surface area contributed by atoms with Gasteiger partial charge in [-0.25, -0.2) is 4.79 Å². The number of likely N-dealkylation sites (tertiary alicyclic amines) is 2. The number of carbonyl (C=O) groups excluding carboxylic acids is 3. The van der Waals surface area contributed by atoms with E-state index in [4.69, 9.17) is 18.9 Å². The molecule has 3 aliphatic rings. The third-order valence-electron chi connectivity index (χ3n) is 12.6. The number of hydrogen-bond acceptors (Lipinski definition) is 10. The SMILES string of the molecule is COC(C(=O)OCC1CC(C)(C)N(C)C1(C)C)C(CC(=O)OCC1CC(C)(C)NC1(C)C)CC(=O)OCC1CC(C)(C)N(C)C1(C)C. The molecule has 3 rings (SSSR count). The van der Waals surface area contributed by atoms with Crippen molar-refractivity contribution in [2.45, 2.75) is 155 Å². The van der Waals surface area contributed by atoms with E-state index in [9.17, 15) is 14.4 Å². The normalized spacial score (nSPS) is 30.1. The number of nitrogens with one attached hydrogen (secondary N) is 1. The molecule has 10 heteroatoms. The van der Waals surface area contributed by atoms with Crippen LogP contribution in [0.2, 0.25) is 0 Å². The Labute approximate surface area is 285 Å². The van der Waals surface area contributed by atoms with Gasteiger partial charge < -0.3 is 24.3 Å². The van der Waals surface area contributed by atoms with Crippen molar-refractivity contribution in [2.75, 3.05) is 41.0 Å². The van der Waals surface area contributed by atoms with E-state index < -0.39 is 29.9 Å². The van der Waals surface area contributed by atoms with Crippen LogP contribution < -0.4 is 5.32 Å². The standard InChI is InChI=1S/C37H67N3O7/c1-32(2)18-25(35(7,8)38-32)21-45-28(41)16-24(17-29(42)46-22-26-19-33(3,4)39(13)36(26,9)10)30(44-15)31(43)47-23-27-20-34(5,6)40(14)37(27,11)12/h24-27,30,38H,16-23H2,1-15H3.